The molecule has 3 amide bonds. The van der Waals surface area contributed by atoms with E-state index in [0.717, 1.165) is 32.7 Å². The summed E-state index contributed by atoms with van der Waals surface area (Å²) in [7, 11) is 0. The molecular weight excluding hydrogens is 304 g/mol. The molecule has 1 aromatic carbocycles. The Morgan fingerprint density at radius 1 is 1.04 bits per heavy atom. The second kappa shape index (κ2) is 6.18. The summed E-state index contributed by atoms with van der Waals surface area (Å²) >= 11 is 0. The molecule has 24 heavy (non-hydrogen) atoms. The topological polar surface area (TPSA) is 78.7 Å². The van der Waals surface area contributed by atoms with E-state index in [-0.39, 0.29) is 23.3 Å². The summed E-state index contributed by atoms with van der Waals surface area (Å²) < 4.78 is 0. The molecule has 2 fully saturated rings. The Hall–Kier alpha value is -1.92. The highest BCUT2D eigenvalue weighted by Crippen LogP contribution is 2.51. The fourth-order valence-corrected chi connectivity index (χ4v) is 4.39. The molecule has 6 heteroatoms. The van der Waals surface area contributed by atoms with E-state index in [1.807, 2.05) is 6.07 Å². The summed E-state index contributed by atoms with van der Waals surface area (Å²) in [5.74, 6) is -0.323. The van der Waals surface area contributed by atoms with Crippen LogP contribution in [0.1, 0.15) is 19.4 Å². The van der Waals surface area contributed by atoms with E-state index >= 15 is 0 Å². The van der Waals surface area contributed by atoms with Gasteiger partial charge in [-0.1, -0.05) is 44.2 Å². The number of nitrogens with two attached hydrogens (primary N) is 1. The number of imide groups is 1. The molecule has 0 aromatic heterocycles. The van der Waals surface area contributed by atoms with Gasteiger partial charge in [0.05, 0.1) is 6.54 Å². The van der Waals surface area contributed by atoms with Gasteiger partial charge in [0.15, 0.2) is 0 Å². The molecule has 0 radical (unpaired) electrons. The summed E-state index contributed by atoms with van der Waals surface area (Å²) in [5.41, 5.74) is 6.64. The van der Waals surface area contributed by atoms with Gasteiger partial charge in [0.2, 0.25) is 5.91 Å². The van der Waals surface area contributed by atoms with Crippen molar-refractivity contribution in [2.75, 3.05) is 32.7 Å². The van der Waals surface area contributed by atoms with Crippen LogP contribution in [0.3, 0.4) is 0 Å². The number of urea groups is 1. The molecule has 3 rings (SSSR count). The molecule has 2 heterocycles. The van der Waals surface area contributed by atoms with Crippen molar-refractivity contribution >= 4 is 11.9 Å². The number of rotatable bonds is 4. The monoisotopic (exact) mass is 330 g/mol. The van der Waals surface area contributed by atoms with Gasteiger partial charge in [-0.05, 0) is 5.56 Å². The lowest BCUT2D eigenvalue weighted by Crippen LogP contribution is -2.43. The third kappa shape index (κ3) is 3.30. The van der Waals surface area contributed by atoms with Gasteiger partial charge in [0, 0.05) is 43.6 Å². The first-order valence-corrected chi connectivity index (χ1v) is 8.38. The highest BCUT2D eigenvalue weighted by Gasteiger charge is 2.57. The molecule has 2 atom stereocenters. The fourth-order valence-electron chi connectivity index (χ4n) is 4.39. The average molecular weight is 330 g/mol. The van der Waals surface area contributed by atoms with E-state index in [4.69, 9.17) is 5.73 Å². The van der Waals surface area contributed by atoms with Gasteiger partial charge in [-0.3, -0.25) is 19.9 Å². The minimum absolute atomic E-state index is 0.148. The molecular formula is C18H26N4O2. The molecule has 1 aromatic rings. The highest BCUT2D eigenvalue weighted by atomic mass is 16.2. The molecule has 0 aliphatic carbocycles. The van der Waals surface area contributed by atoms with Gasteiger partial charge < -0.3 is 5.73 Å². The van der Waals surface area contributed by atoms with E-state index < -0.39 is 6.03 Å². The standard InChI is InChI=1S/C18H26N4O2/c1-17-10-21(8-14-6-4-3-5-7-14)11-18(17,2)13-22(12-17)9-15(23)20-16(19)24/h3-7H,8-13H2,1-2H3,(H3,19,20,23,24). The van der Waals surface area contributed by atoms with Gasteiger partial charge in [0.1, 0.15) is 0 Å². The van der Waals surface area contributed by atoms with Gasteiger partial charge in [0.25, 0.3) is 0 Å². The quantitative estimate of drug-likeness (QED) is 0.864. The zero-order chi connectivity index (χ0) is 17.4. The SMILES string of the molecule is CC12CN(CC(=O)NC(N)=O)CC1(C)CN(Cc1ccccc1)C2. The Labute approximate surface area is 143 Å². The second-order valence-electron chi connectivity index (χ2n) is 7.81. The number of carbonyl (C=O) groups excluding carboxylic acids is 2. The summed E-state index contributed by atoms with van der Waals surface area (Å²) in [6.45, 7) is 9.58. The van der Waals surface area contributed by atoms with Crippen molar-refractivity contribution in [3.63, 3.8) is 0 Å². The first kappa shape index (κ1) is 16.9. The van der Waals surface area contributed by atoms with Crippen molar-refractivity contribution in [3.8, 4) is 0 Å². The first-order valence-electron chi connectivity index (χ1n) is 8.38. The number of primary amides is 1. The Balaban J connectivity index is 1.61. The van der Waals surface area contributed by atoms with Crippen LogP contribution in [0.2, 0.25) is 0 Å². The number of amides is 3. The maximum atomic E-state index is 11.8. The highest BCUT2D eigenvalue weighted by molar-refractivity contribution is 5.94. The van der Waals surface area contributed by atoms with Crippen LogP contribution in [0.4, 0.5) is 4.79 Å². The van der Waals surface area contributed by atoms with Gasteiger partial charge >= 0.3 is 6.03 Å². The largest absolute Gasteiger partial charge is 0.351 e. The summed E-state index contributed by atoms with van der Waals surface area (Å²) in [6, 6.07) is 9.74. The van der Waals surface area contributed by atoms with Crippen molar-refractivity contribution in [1.29, 1.82) is 0 Å². The molecule has 0 bridgehead atoms. The lowest BCUT2D eigenvalue weighted by Gasteiger charge is -2.31. The first-order chi connectivity index (χ1) is 11.3. The normalized spacial score (nSPS) is 30.2. The zero-order valence-corrected chi connectivity index (χ0v) is 14.4. The molecule has 0 spiro atoms. The number of hydrogen-bond donors (Lipinski definition) is 2. The number of hydrogen-bond acceptors (Lipinski definition) is 4. The van der Waals surface area contributed by atoms with E-state index in [9.17, 15) is 9.59 Å². The van der Waals surface area contributed by atoms with Gasteiger partial charge in [-0.15, -0.1) is 0 Å². The van der Waals surface area contributed by atoms with Crippen LogP contribution in [0.5, 0.6) is 0 Å². The van der Waals surface area contributed by atoms with Crippen LogP contribution in [0.15, 0.2) is 30.3 Å². The lowest BCUT2D eigenvalue weighted by molar-refractivity contribution is -0.121. The molecule has 2 unspecified atom stereocenters. The van der Waals surface area contributed by atoms with E-state index in [1.54, 1.807) is 0 Å². The van der Waals surface area contributed by atoms with Crippen LogP contribution in [-0.4, -0.2) is 54.5 Å². The molecule has 0 saturated carbocycles. The van der Waals surface area contributed by atoms with Crippen LogP contribution in [0.25, 0.3) is 0 Å². The van der Waals surface area contributed by atoms with Crippen molar-refractivity contribution in [1.82, 2.24) is 15.1 Å². The van der Waals surface area contributed by atoms with E-state index in [0.29, 0.717) is 0 Å². The van der Waals surface area contributed by atoms with Crippen LogP contribution in [0, 0.1) is 10.8 Å². The van der Waals surface area contributed by atoms with E-state index in [2.05, 4.69) is 53.2 Å². The second-order valence-corrected chi connectivity index (χ2v) is 7.81. The minimum atomic E-state index is -0.786. The Morgan fingerprint density at radius 3 is 2.12 bits per heavy atom. The van der Waals surface area contributed by atoms with E-state index in [1.165, 1.54) is 5.56 Å². The minimum Gasteiger partial charge on any atom is -0.351 e. The average Bonchev–Trinajstić information content (AvgIpc) is 2.81. The van der Waals surface area contributed by atoms with Crippen LogP contribution in [-0.2, 0) is 11.3 Å². The van der Waals surface area contributed by atoms with Crippen LogP contribution < -0.4 is 11.1 Å². The smallest absolute Gasteiger partial charge is 0.318 e. The number of nitrogens with zero attached hydrogens (tertiary/aromatic N) is 2. The molecule has 6 nitrogen and oxygen atoms in total. The number of fused-ring (bicyclic) bond motifs is 1. The van der Waals surface area contributed by atoms with Crippen molar-refractivity contribution in [3.05, 3.63) is 35.9 Å². The number of carbonyl (C=O) groups is 2. The van der Waals surface area contributed by atoms with Gasteiger partial charge in [-0.2, -0.15) is 0 Å². The maximum Gasteiger partial charge on any atom is 0.318 e. The zero-order valence-electron chi connectivity index (χ0n) is 14.4. The van der Waals surface area contributed by atoms with Crippen molar-refractivity contribution < 1.29 is 9.59 Å². The predicted octanol–water partition coefficient (Wildman–Crippen LogP) is 1.03. The fraction of sp³-hybridized carbons (Fsp3) is 0.556. The third-order valence-electron chi connectivity index (χ3n) is 5.63. The molecule has 2 saturated heterocycles. The molecule has 130 valence electrons. The predicted molar refractivity (Wildman–Crippen MR) is 92.1 cm³/mol. The third-order valence-corrected chi connectivity index (χ3v) is 5.63. The van der Waals surface area contributed by atoms with Crippen molar-refractivity contribution in [2.45, 2.75) is 20.4 Å². The summed E-state index contributed by atoms with van der Waals surface area (Å²) in [6.07, 6.45) is 0. The molecule has 2 aliphatic heterocycles. The summed E-state index contributed by atoms with van der Waals surface area (Å²) in [5, 5.41) is 2.15. The number of nitrogens with one attached hydrogen (secondary N) is 1. The van der Waals surface area contributed by atoms with Crippen LogP contribution >= 0.6 is 0 Å². The number of likely N-dealkylation sites (tertiary alicyclic amines) is 2. The van der Waals surface area contributed by atoms with Crippen molar-refractivity contribution in [2.24, 2.45) is 16.6 Å². The maximum absolute atomic E-state index is 11.8. The Bertz CT molecular complexity index is 615. The summed E-state index contributed by atoms with van der Waals surface area (Å²) in [4.78, 5) is 27.2. The molecule has 2 aliphatic rings. The lowest BCUT2D eigenvalue weighted by atomic mass is 9.71. The van der Waals surface area contributed by atoms with Gasteiger partial charge in [-0.25, -0.2) is 4.79 Å². The Kier molecular flexibility index (Phi) is 4.36. The number of benzene rings is 1. The molecule has 3 N–H and O–H groups in total. The Morgan fingerprint density at radius 2 is 1.58 bits per heavy atom.